The van der Waals surface area contributed by atoms with Gasteiger partial charge in [0.05, 0.1) is 0 Å². The summed E-state index contributed by atoms with van der Waals surface area (Å²) < 4.78 is 0. The van der Waals surface area contributed by atoms with Crippen molar-refractivity contribution in [1.29, 1.82) is 0 Å². The number of piperidine rings is 1. The van der Waals surface area contributed by atoms with Crippen molar-refractivity contribution in [1.82, 2.24) is 14.8 Å². The number of aromatic nitrogens is 1. The predicted octanol–water partition coefficient (Wildman–Crippen LogP) is 2.00. The molecule has 2 amide bonds. The number of hydrogen-bond donors (Lipinski definition) is 0. The molecule has 1 saturated carbocycles. The van der Waals surface area contributed by atoms with Crippen LogP contribution < -0.4 is 4.90 Å². The van der Waals surface area contributed by atoms with Gasteiger partial charge in [-0.3, -0.25) is 14.5 Å². The summed E-state index contributed by atoms with van der Waals surface area (Å²) in [4.78, 5) is 37.1. The van der Waals surface area contributed by atoms with Gasteiger partial charge in [-0.1, -0.05) is 0 Å². The molecule has 0 N–H and O–H groups in total. The molecule has 3 heterocycles. The molecule has 2 aliphatic heterocycles. The number of thiazole rings is 1. The zero-order valence-electron chi connectivity index (χ0n) is 15.0. The van der Waals surface area contributed by atoms with Gasteiger partial charge in [-0.2, -0.15) is 0 Å². The number of aryl methyl sites for hydroxylation is 1. The molecule has 7 heteroatoms. The van der Waals surface area contributed by atoms with E-state index in [0.717, 1.165) is 68.9 Å². The van der Waals surface area contributed by atoms with Crippen LogP contribution in [0, 0.1) is 5.92 Å². The van der Waals surface area contributed by atoms with Gasteiger partial charge >= 0.3 is 0 Å². The first-order valence-electron chi connectivity index (χ1n) is 9.31. The minimum Gasteiger partial charge on any atom is -0.336 e. The lowest BCUT2D eigenvalue weighted by Gasteiger charge is -2.34. The molecule has 6 nitrogen and oxygen atoms in total. The normalized spacial score (nSPS) is 21.6. The maximum atomic E-state index is 12.9. The van der Waals surface area contributed by atoms with Crippen LogP contribution in [0.4, 0.5) is 5.82 Å². The summed E-state index contributed by atoms with van der Waals surface area (Å²) in [6, 6.07) is 0.556. The quantitative estimate of drug-likeness (QED) is 0.825. The van der Waals surface area contributed by atoms with Gasteiger partial charge in [-0.05, 0) is 52.6 Å². The molecule has 3 aliphatic rings. The zero-order valence-corrected chi connectivity index (χ0v) is 15.8. The topological polar surface area (TPSA) is 56.8 Å². The largest absolute Gasteiger partial charge is 0.336 e. The molecule has 4 rings (SSSR count). The average Bonchev–Trinajstić information content (AvgIpc) is 3.38. The Labute approximate surface area is 152 Å². The second kappa shape index (κ2) is 6.68. The Morgan fingerprint density at radius 3 is 2.48 bits per heavy atom. The number of carbonyl (C=O) groups is 2. The van der Waals surface area contributed by atoms with Crippen molar-refractivity contribution < 1.29 is 9.59 Å². The average molecular weight is 362 g/mol. The van der Waals surface area contributed by atoms with Crippen LogP contribution in [0.1, 0.15) is 46.8 Å². The van der Waals surface area contributed by atoms with Crippen molar-refractivity contribution in [3.05, 3.63) is 9.88 Å². The first kappa shape index (κ1) is 17.0. The lowest BCUT2D eigenvalue weighted by molar-refractivity contribution is -0.119. The highest BCUT2D eigenvalue weighted by atomic mass is 32.1. The molecule has 0 radical (unpaired) electrons. The van der Waals surface area contributed by atoms with E-state index in [1.54, 1.807) is 0 Å². The highest BCUT2D eigenvalue weighted by molar-refractivity contribution is 7.14. The van der Waals surface area contributed by atoms with Crippen molar-refractivity contribution in [3.63, 3.8) is 0 Å². The van der Waals surface area contributed by atoms with Crippen molar-refractivity contribution in [2.45, 2.75) is 44.6 Å². The molecular weight excluding hydrogens is 336 g/mol. The van der Waals surface area contributed by atoms with Crippen LogP contribution in [0.3, 0.4) is 0 Å². The summed E-state index contributed by atoms with van der Waals surface area (Å²) in [7, 11) is 4.20. The lowest BCUT2D eigenvalue weighted by atomic mass is 10.0. The lowest BCUT2D eigenvalue weighted by Crippen LogP contribution is -2.44. The van der Waals surface area contributed by atoms with Gasteiger partial charge in [-0.25, -0.2) is 4.98 Å². The summed E-state index contributed by atoms with van der Waals surface area (Å²) in [6.45, 7) is 2.32. The first-order valence-corrected chi connectivity index (χ1v) is 10.1. The maximum Gasteiger partial charge on any atom is 0.282 e. The van der Waals surface area contributed by atoms with Crippen LogP contribution in [0.2, 0.25) is 0 Å². The highest BCUT2D eigenvalue weighted by Gasteiger charge is 2.37. The molecule has 0 spiro atoms. The van der Waals surface area contributed by atoms with E-state index in [4.69, 9.17) is 0 Å². The van der Waals surface area contributed by atoms with Crippen molar-refractivity contribution in [3.8, 4) is 0 Å². The predicted molar refractivity (Wildman–Crippen MR) is 98.1 cm³/mol. The van der Waals surface area contributed by atoms with Crippen LogP contribution in [0.15, 0.2) is 0 Å². The Balaban J connectivity index is 1.48. The van der Waals surface area contributed by atoms with Crippen LogP contribution in [-0.4, -0.2) is 66.4 Å². The first-order chi connectivity index (χ1) is 12.0. The number of rotatable bonds is 3. The second-order valence-corrected chi connectivity index (χ2v) is 8.70. The molecular formula is C18H26N4O2S. The monoisotopic (exact) mass is 362 g/mol. The summed E-state index contributed by atoms with van der Waals surface area (Å²) in [5, 5.41) is 0.559. The molecule has 0 bridgehead atoms. The maximum absolute atomic E-state index is 12.9. The number of amides is 2. The van der Waals surface area contributed by atoms with E-state index >= 15 is 0 Å². The van der Waals surface area contributed by atoms with Gasteiger partial charge in [0, 0.05) is 36.5 Å². The Bertz CT molecular complexity index is 675. The van der Waals surface area contributed by atoms with Gasteiger partial charge in [-0.15, -0.1) is 11.3 Å². The molecule has 1 aromatic heterocycles. The fourth-order valence-electron chi connectivity index (χ4n) is 3.80. The molecule has 1 aromatic rings. The molecule has 136 valence electrons. The van der Waals surface area contributed by atoms with E-state index in [2.05, 4.69) is 24.0 Å². The van der Waals surface area contributed by atoms with Crippen molar-refractivity contribution in [2.24, 2.45) is 5.92 Å². The Morgan fingerprint density at radius 1 is 1.12 bits per heavy atom. The molecule has 1 aliphatic carbocycles. The van der Waals surface area contributed by atoms with Gasteiger partial charge < -0.3 is 9.80 Å². The minimum atomic E-state index is 0.0374. The Hall–Kier alpha value is -1.47. The fourth-order valence-corrected chi connectivity index (χ4v) is 4.87. The molecule has 0 atom stereocenters. The van der Waals surface area contributed by atoms with E-state index in [-0.39, 0.29) is 17.7 Å². The van der Waals surface area contributed by atoms with Crippen molar-refractivity contribution in [2.75, 3.05) is 38.6 Å². The number of carbonyl (C=O) groups excluding carboxylic acids is 2. The van der Waals surface area contributed by atoms with E-state index in [0.29, 0.717) is 11.0 Å². The summed E-state index contributed by atoms with van der Waals surface area (Å²) in [5.74, 6) is 1.20. The van der Waals surface area contributed by atoms with E-state index in [1.807, 2.05) is 9.80 Å². The number of nitrogens with zero attached hydrogens (tertiary/aromatic N) is 4. The van der Waals surface area contributed by atoms with Gasteiger partial charge in [0.25, 0.3) is 5.91 Å². The van der Waals surface area contributed by atoms with Crippen LogP contribution >= 0.6 is 11.3 Å². The molecule has 0 unspecified atom stereocenters. The van der Waals surface area contributed by atoms with Crippen LogP contribution in [-0.2, 0) is 11.2 Å². The standard InChI is InChI=1S/C18H26N4O2S/c1-20(2)13-7-10-21(11-8-13)18(24)16-19-15-14(25-16)4-3-9-22(15)17(23)12-5-6-12/h12-13H,3-11H2,1-2H3. The molecule has 2 fully saturated rings. The summed E-state index contributed by atoms with van der Waals surface area (Å²) >= 11 is 1.49. The van der Waals surface area contributed by atoms with E-state index in [9.17, 15) is 9.59 Å². The molecule has 1 saturated heterocycles. The third-order valence-corrected chi connectivity index (χ3v) is 6.67. The number of anilines is 1. The van der Waals surface area contributed by atoms with Crippen LogP contribution in [0.25, 0.3) is 0 Å². The van der Waals surface area contributed by atoms with Gasteiger partial charge in [0.1, 0.15) is 5.82 Å². The Morgan fingerprint density at radius 2 is 1.84 bits per heavy atom. The van der Waals surface area contributed by atoms with Gasteiger partial charge in [0.15, 0.2) is 5.01 Å². The molecule has 0 aromatic carbocycles. The van der Waals surface area contributed by atoms with Crippen molar-refractivity contribution >= 4 is 29.0 Å². The SMILES string of the molecule is CN(C)C1CCN(C(=O)c2nc3c(s2)CCCN3C(=O)C2CC2)CC1. The number of fused-ring (bicyclic) bond motifs is 1. The second-order valence-electron chi connectivity index (χ2n) is 7.62. The zero-order chi connectivity index (χ0) is 17.6. The third-order valence-electron chi connectivity index (χ3n) is 5.58. The number of hydrogen-bond acceptors (Lipinski definition) is 5. The Kier molecular flexibility index (Phi) is 4.54. The van der Waals surface area contributed by atoms with E-state index in [1.165, 1.54) is 11.3 Å². The van der Waals surface area contributed by atoms with E-state index < -0.39 is 0 Å². The summed E-state index contributed by atoms with van der Waals surface area (Å²) in [6.07, 6.45) is 5.92. The summed E-state index contributed by atoms with van der Waals surface area (Å²) in [5.41, 5.74) is 0. The molecule has 25 heavy (non-hydrogen) atoms. The highest BCUT2D eigenvalue weighted by Crippen LogP contribution is 2.37. The van der Waals surface area contributed by atoms with Crippen LogP contribution in [0.5, 0.6) is 0 Å². The smallest absolute Gasteiger partial charge is 0.282 e. The minimum absolute atomic E-state index is 0.0374. The van der Waals surface area contributed by atoms with Gasteiger partial charge in [0.2, 0.25) is 5.91 Å². The number of likely N-dealkylation sites (tertiary alicyclic amines) is 1. The fraction of sp³-hybridized carbons (Fsp3) is 0.722. The third kappa shape index (κ3) is 3.31.